The number of carboxylic acids is 1. The molecule has 0 saturated heterocycles. The minimum absolute atomic E-state index is 0.0234. The summed E-state index contributed by atoms with van der Waals surface area (Å²) >= 11 is 0. The van der Waals surface area contributed by atoms with Gasteiger partial charge in [-0.25, -0.2) is 4.79 Å². The van der Waals surface area contributed by atoms with Gasteiger partial charge in [0.15, 0.2) is 12.7 Å². The van der Waals surface area contributed by atoms with Crippen LogP contribution in [0.5, 0.6) is 5.75 Å². The Labute approximate surface area is 115 Å². The lowest BCUT2D eigenvalue weighted by Crippen LogP contribution is -2.33. The Balaban J connectivity index is 2.33. The standard InChI is InChI=1S/C13H14N2O5/c14-7-9-3-1-2-4-11(9)20-8-12(17)15-6-5-10(16)13(18)19/h1-4,10,16H,5-6,8H2,(H,15,17)(H,18,19). The minimum atomic E-state index is -1.50. The minimum Gasteiger partial charge on any atom is -0.482 e. The highest BCUT2D eigenvalue weighted by Crippen LogP contribution is 2.15. The van der Waals surface area contributed by atoms with Gasteiger partial charge in [0.05, 0.1) is 5.56 Å². The van der Waals surface area contributed by atoms with Gasteiger partial charge in [-0.3, -0.25) is 4.79 Å². The second-order valence-electron chi connectivity index (χ2n) is 3.89. The molecule has 3 N–H and O–H groups in total. The number of hydrogen-bond acceptors (Lipinski definition) is 5. The molecule has 0 radical (unpaired) electrons. The van der Waals surface area contributed by atoms with E-state index in [9.17, 15) is 9.59 Å². The van der Waals surface area contributed by atoms with Gasteiger partial charge in [0, 0.05) is 13.0 Å². The van der Waals surface area contributed by atoms with Crippen LogP contribution < -0.4 is 10.1 Å². The molecule has 1 amide bonds. The van der Waals surface area contributed by atoms with E-state index in [1.54, 1.807) is 24.3 Å². The van der Waals surface area contributed by atoms with Gasteiger partial charge in [-0.05, 0) is 12.1 Å². The zero-order chi connectivity index (χ0) is 15.0. The van der Waals surface area contributed by atoms with Gasteiger partial charge in [0.1, 0.15) is 11.8 Å². The molecular formula is C13H14N2O5. The van der Waals surface area contributed by atoms with Crippen LogP contribution in [-0.4, -0.2) is 41.3 Å². The number of carbonyl (C=O) groups is 2. The fourth-order valence-corrected chi connectivity index (χ4v) is 1.35. The van der Waals surface area contributed by atoms with Crippen molar-refractivity contribution in [2.45, 2.75) is 12.5 Å². The van der Waals surface area contributed by atoms with E-state index in [1.807, 2.05) is 6.07 Å². The van der Waals surface area contributed by atoms with Crippen molar-refractivity contribution in [3.05, 3.63) is 29.8 Å². The van der Waals surface area contributed by atoms with E-state index >= 15 is 0 Å². The predicted molar refractivity (Wildman–Crippen MR) is 67.9 cm³/mol. The summed E-state index contributed by atoms with van der Waals surface area (Å²) in [7, 11) is 0. The number of nitriles is 1. The Kier molecular flexibility index (Phi) is 6.00. The average Bonchev–Trinajstić information content (AvgIpc) is 2.45. The first-order chi connectivity index (χ1) is 9.54. The molecule has 1 aromatic rings. The smallest absolute Gasteiger partial charge is 0.332 e. The molecule has 1 rings (SSSR count). The molecule has 1 atom stereocenters. The molecule has 0 spiro atoms. The number of aliphatic carboxylic acids is 1. The normalized spacial score (nSPS) is 11.2. The molecule has 0 fully saturated rings. The maximum absolute atomic E-state index is 11.4. The van der Waals surface area contributed by atoms with Crippen LogP contribution in [0.4, 0.5) is 0 Å². The molecular weight excluding hydrogens is 264 g/mol. The summed E-state index contributed by atoms with van der Waals surface area (Å²) in [5, 5.41) is 28.7. The monoisotopic (exact) mass is 278 g/mol. The fraction of sp³-hybridized carbons (Fsp3) is 0.308. The van der Waals surface area contributed by atoms with Gasteiger partial charge in [-0.1, -0.05) is 12.1 Å². The van der Waals surface area contributed by atoms with Crippen LogP contribution in [0, 0.1) is 11.3 Å². The molecule has 0 bridgehead atoms. The van der Waals surface area contributed by atoms with Gasteiger partial charge < -0.3 is 20.3 Å². The van der Waals surface area contributed by atoms with E-state index in [1.165, 1.54) is 0 Å². The predicted octanol–water partition coefficient (Wildman–Crippen LogP) is -0.111. The van der Waals surface area contributed by atoms with Crippen molar-refractivity contribution < 1.29 is 24.5 Å². The van der Waals surface area contributed by atoms with Gasteiger partial charge in [0.25, 0.3) is 5.91 Å². The van der Waals surface area contributed by atoms with Crippen LogP contribution in [0.15, 0.2) is 24.3 Å². The Morgan fingerprint density at radius 1 is 1.40 bits per heavy atom. The lowest BCUT2D eigenvalue weighted by atomic mass is 10.2. The third-order valence-corrected chi connectivity index (χ3v) is 2.39. The summed E-state index contributed by atoms with van der Waals surface area (Å²) in [5.41, 5.74) is 0.321. The van der Waals surface area contributed by atoms with E-state index in [0.717, 1.165) is 0 Å². The largest absolute Gasteiger partial charge is 0.482 e. The number of carbonyl (C=O) groups excluding carboxylic acids is 1. The second kappa shape index (κ2) is 7.76. The maximum atomic E-state index is 11.4. The first-order valence-electron chi connectivity index (χ1n) is 5.84. The highest BCUT2D eigenvalue weighted by Gasteiger charge is 2.13. The van der Waals surface area contributed by atoms with Crippen molar-refractivity contribution in [1.29, 1.82) is 5.26 Å². The Bertz CT molecular complexity index is 524. The highest BCUT2D eigenvalue weighted by molar-refractivity contribution is 5.77. The number of aliphatic hydroxyl groups is 1. The maximum Gasteiger partial charge on any atom is 0.332 e. The molecule has 7 nitrogen and oxygen atoms in total. The molecule has 106 valence electrons. The molecule has 1 aromatic carbocycles. The van der Waals surface area contributed by atoms with E-state index in [0.29, 0.717) is 11.3 Å². The lowest BCUT2D eigenvalue weighted by molar-refractivity contribution is -0.147. The highest BCUT2D eigenvalue weighted by atomic mass is 16.5. The summed E-state index contributed by atoms with van der Waals surface area (Å²) in [6.45, 7) is -0.266. The van der Waals surface area contributed by atoms with Gasteiger partial charge >= 0.3 is 5.97 Å². The Hall–Kier alpha value is -2.59. The van der Waals surface area contributed by atoms with Crippen molar-refractivity contribution in [3.63, 3.8) is 0 Å². The number of para-hydroxylation sites is 1. The van der Waals surface area contributed by atoms with Gasteiger partial charge in [-0.2, -0.15) is 5.26 Å². The van der Waals surface area contributed by atoms with E-state index in [-0.39, 0.29) is 19.6 Å². The van der Waals surface area contributed by atoms with Crippen LogP contribution in [0.3, 0.4) is 0 Å². The van der Waals surface area contributed by atoms with Gasteiger partial charge in [0.2, 0.25) is 0 Å². The molecule has 0 aliphatic rings. The molecule has 0 heterocycles. The Morgan fingerprint density at radius 2 is 2.10 bits per heavy atom. The first-order valence-corrected chi connectivity index (χ1v) is 5.84. The number of rotatable bonds is 7. The third kappa shape index (κ3) is 4.96. The summed E-state index contributed by atoms with van der Waals surface area (Å²) in [6, 6.07) is 8.43. The molecule has 0 aliphatic heterocycles. The number of aliphatic hydroxyl groups excluding tert-OH is 1. The lowest BCUT2D eigenvalue weighted by Gasteiger charge is -2.09. The quantitative estimate of drug-likeness (QED) is 0.640. The molecule has 0 aromatic heterocycles. The number of benzene rings is 1. The van der Waals surface area contributed by atoms with E-state index in [2.05, 4.69) is 5.32 Å². The van der Waals surface area contributed by atoms with Crippen LogP contribution >= 0.6 is 0 Å². The number of ether oxygens (including phenoxy) is 1. The van der Waals surface area contributed by atoms with Crippen LogP contribution in [0.1, 0.15) is 12.0 Å². The number of amides is 1. The van der Waals surface area contributed by atoms with Crippen molar-refractivity contribution >= 4 is 11.9 Å². The number of hydrogen-bond donors (Lipinski definition) is 3. The van der Waals surface area contributed by atoms with Gasteiger partial charge in [-0.15, -0.1) is 0 Å². The molecule has 0 aliphatic carbocycles. The average molecular weight is 278 g/mol. The van der Waals surface area contributed by atoms with Crippen molar-refractivity contribution in [1.82, 2.24) is 5.32 Å². The molecule has 7 heteroatoms. The van der Waals surface area contributed by atoms with Crippen LogP contribution in [0.2, 0.25) is 0 Å². The topological polar surface area (TPSA) is 120 Å². The fourth-order valence-electron chi connectivity index (χ4n) is 1.35. The van der Waals surface area contributed by atoms with Crippen LogP contribution in [-0.2, 0) is 9.59 Å². The third-order valence-electron chi connectivity index (χ3n) is 2.39. The zero-order valence-corrected chi connectivity index (χ0v) is 10.6. The summed E-state index contributed by atoms with van der Waals surface area (Å²) in [5.74, 6) is -1.50. The number of nitrogens with one attached hydrogen (secondary N) is 1. The Morgan fingerprint density at radius 3 is 2.75 bits per heavy atom. The number of nitrogens with zero attached hydrogens (tertiary/aromatic N) is 1. The summed E-state index contributed by atoms with van der Waals surface area (Å²) in [6.07, 6.45) is -1.59. The van der Waals surface area contributed by atoms with E-state index in [4.69, 9.17) is 20.2 Å². The molecule has 0 saturated carbocycles. The van der Waals surface area contributed by atoms with Crippen molar-refractivity contribution in [2.24, 2.45) is 0 Å². The number of carboxylic acid groups (broad SMARTS) is 1. The summed E-state index contributed by atoms with van der Waals surface area (Å²) in [4.78, 5) is 21.8. The van der Waals surface area contributed by atoms with Crippen LogP contribution in [0.25, 0.3) is 0 Å². The summed E-state index contributed by atoms with van der Waals surface area (Å²) < 4.78 is 5.18. The van der Waals surface area contributed by atoms with Crippen molar-refractivity contribution in [2.75, 3.05) is 13.2 Å². The first kappa shape index (κ1) is 15.5. The zero-order valence-electron chi connectivity index (χ0n) is 10.6. The molecule has 1 unspecified atom stereocenters. The second-order valence-corrected chi connectivity index (χ2v) is 3.89. The van der Waals surface area contributed by atoms with Crippen molar-refractivity contribution in [3.8, 4) is 11.8 Å². The molecule has 20 heavy (non-hydrogen) atoms. The SMILES string of the molecule is N#Cc1ccccc1OCC(=O)NCCC(O)C(=O)O. The van der Waals surface area contributed by atoms with E-state index < -0.39 is 18.0 Å².